The van der Waals surface area contributed by atoms with Crippen LogP contribution in [-0.4, -0.2) is 67.5 Å². The maximum absolute atomic E-state index is 15.1. The number of hydrogen-bond donors (Lipinski definition) is 2. The van der Waals surface area contributed by atoms with Gasteiger partial charge in [-0.15, -0.1) is 0 Å². The van der Waals surface area contributed by atoms with Gasteiger partial charge < -0.3 is 29.6 Å². The van der Waals surface area contributed by atoms with Crippen LogP contribution in [0.1, 0.15) is 12.0 Å². The SMILES string of the molecule is COc1cc2c(Oc3ccc(NC(=S)NC(=O)Cc4ccccc4F)cc3F)ccnc2cc1OCCCN1CCOCC1. The van der Waals surface area contributed by atoms with E-state index in [4.69, 9.17) is 31.2 Å². The van der Waals surface area contributed by atoms with E-state index in [0.29, 0.717) is 40.4 Å². The zero-order valence-electron chi connectivity index (χ0n) is 24.1. The predicted molar refractivity (Wildman–Crippen MR) is 167 cm³/mol. The molecule has 0 bridgehead atoms. The number of rotatable bonds is 11. The molecule has 1 aromatic heterocycles. The van der Waals surface area contributed by atoms with Gasteiger partial charge in [-0.3, -0.25) is 14.7 Å². The summed E-state index contributed by atoms with van der Waals surface area (Å²) in [5.41, 5.74) is 1.13. The molecular weight excluding hydrogens is 590 g/mol. The van der Waals surface area contributed by atoms with E-state index in [9.17, 15) is 9.18 Å². The van der Waals surface area contributed by atoms with E-state index in [0.717, 1.165) is 39.3 Å². The Hall–Kier alpha value is -4.39. The van der Waals surface area contributed by atoms with E-state index in [1.54, 1.807) is 49.7 Å². The van der Waals surface area contributed by atoms with E-state index >= 15 is 4.39 Å². The molecule has 0 unspecified atom stereocenters. The number of methoxy groups -OCH3 is 1. The molecule has 9 nitrogen and oxygen atoms in total. The molecule has 44 heavy (non-hydrogen) atoms. The minimum atomic E-state index is -0.660. The van der Waals surface area contributed by atoms with E-state index in [1.165, 1.54) is 24.3 Å². The standard InChI is InChI=1S/C32H32F2N4O5S/c1-40-29-19-23-26(20-30(29)42-14-4-11-38-12-15-41-16-13-38)35-10-9-27(23)43-28-8-7-22(18-25(28)34)36-32(44)37-31(39)17-21-5-2-3-6-24(21)33/h2-3,5-10,18-20H,4,11-17H2,1H3,(H2,36,37,39,44). The van der Waals surface area contributed by atoms with Crippen molar-refractivity contribution in [3.63, 3.8) is 0 Å². The van der Waals surface area contributed by atoms with Crippen molar-refractivity contribution in [2.75, 3.05) is 51.9 Å². The molecule has 3 aromatic carbocycles. The number of thiocarbonyl (C=S) groups is 1. The fourth-order valence-corrected chi connectivity index (χ4v) is 4.94. The first-order chi connectivity index (χ1) is 21.4. The van der Waals surface area contributed by atoms with Crippen LogP contribution in [0.15, 0.2) is 66.9 Å². The Morgan fingerprint density at radius 2 is 1.82 bits per heavy atom. The van der Waals surface area contributed by atoms with Gasteiger partial charge in [0.25, 0.3) is 0 Å². The normalized spacial score (nSPS) is 13.3. The van der Waals surface area contributed by atoms with Crippen molar-refractivity contribution < 1.29 is 32.5 Å². The lowest BCUT2D eigenvalue weighted by Gasteiger charge is -2.26. The average Bonchev–Trinajstić information content (AvgIpc) is 3.02. The molecule has 1 aliphatic rings. The van der Waals surface area contributed by atoms with Crippen molar-refractivity contribution >= 4 is 39.8 Å². The molecule has 5 rings (SSSR count). The van der Waals surface area contributed by atoms with Crippen molar-refractivity contribution in [3.05, 3.63) is 84.1 Å². The third-order valence-electron chi connectivity index (χ3n) is 6.94. The maximum atomic E-state index is 15.1. The largest absolute Gasteiger partial charge is 0.493 e. The molecule has 0 saturated carbocycles. The molecule has 1 fully saturated rings. The zero-order chi connectivity index (χ0) is 30.9. The molecule has 12 heteroatoms. The number of morpholine rings is 1. The summed E-state index contributed by atoms with van der Waals surface area (Å²) in [6, 6.07) is 15.3. The number of nitrogens with zero attached hydrogens (tertiary/aromatic N) is 2. The Kier molecular flexibility index (Phi) is 10.5. The van der Waals surface area contributed by atoms with Gasteiger partial charge in [-0.2, -0.15) is 0 Å². The molecule has 4 aromatic rings. The van der Waals surface area contributed by atoms with Gasteiger partial charge in [0.05, 0.1) is 38.9 Å². The van der Waals surface area contributed by atoms with Crippen molar-refractivity contribution in [2.45, 2.75) is 12.8 Å². The summed E-state index contributed by atoms with van der Waals surface area (Å²) < 4.78 is 51.8. The second-order valence-corrected chi connectivity index (χ2v) is 10.4. The highest BCUT2D eigenvalue weighted by atomic mass is 32.1. The summed E-state index contributed by atoms with van der Waals surface area (Å²) in [7, 11) is 1.55. The molecule has 2 heterocycles. The van der Waals surface area contributed by atoms with Crippen LogP contribution in [0, 0.1) is 11.6 Å². The number of fused-ring (bicyclic) bond motifs is 1. The summed E-state index contributed by atoms with van der Waals surface area (Å²) in [5.74, 6) is -0.231. The number of pyridine rings is 1. The lowest BCUT2D eigenvalue weighted by molar-refractivity contribution is -0.119. The number of amides is 1. The van der Waals surface area contributed by atoms with E-state index in [1.807, 2.05) is 0 Å². The number of ether oxygens (including phenoxy) is 4. The fourth-order valence-electron chi connectivity index (χ4n) is 4.71. The Morgan fingerprint density at radius 1 is 1.00 bits per heavy atom. The highest BCUT2D eigenvalue weighted by Crippen LogP contribution is 2.38. The van der Waals surface area contributed by atoms with E-state index in [2.05, 4.69) is 20.5 Å². The quantitative estimate of drug-likeness (QED) is 0.167. The molecule has 0 radical (unpaired) electrons. The second kappa shape index (κ2) is 14.9. The topological polar surface area (TPSA) is 94.2 Å². The Bertz CT molecular complexity index is 1630. The van der Waals surface area contributed by atoms with Crippen LogP contribution in [0.2, 0.25) is 0 Å². The van der Waals surface area contributed by atoms with Gasteiger partial charge >= 0.3 is 0 Å². The van der Waals surface area contributed by atoms with Crippen LogP contribution in [0.3, 0.4) is 0 Å². The van der Waals surface area contributed by atoms with Crippen LogP contribution in [0.5, 0.6) is 23.0 Å². The number of aromatic nitrogens is 1. The molecule has 0 aliphatic carbocycles. The number of benzene rings is 3. The summed E-state index contributed by atoms with van der Waals surface area (Å²) in [5, 5.41) is 5.79. The number of nitrogens with one attached hydrogen (secondary N) is 2. The molecule has 0 atom stereocenters. The van der Waals surface area contributed by atoms with Crippen molar-refractivity contribution in [1.29, 1.82) is 0 Å². The molecule has 0 spiro atoms. The van der Waals surface area contributed by atoms with Gasteiger partial charge in [-0.1, -0.05) is 18.2 Å². The number of hydrogen-bond acceptors (Lipinski definition) is 8. The van der Waals surface area contributed by atoms with Gasteiger partial charge in [0, 0.05) is 49.0 Å². The lowest BCUT2D eigenvalue weighted by atomic mass is 10.1. The molecule has 1 aliphatic heterocycles. The third kappa shape index (κ3) is 8.16. The zero-order valence-corrected chi connectivity index (χ0v) is 24.9. The van der Waals surface area contributed by atoms with Crippen molar-refractivity contribution in [3.8, 4) is 23.0 Å². The van der Waals surface area contributed by atoms with Crippen LogP contribution < -0.4 is 24.8 Å². The summed E-state index contributed by atoms with van der Waals surface area (Å²) >= 11 is 5.17. The Morgan fingerprint density at radius 3 is 2.59 bits per heavy atom. The average molecular weight is 623 g/mol. The predicted octanol–water partition coefficient (Wildman–Crippen LogP) is 5.47. The molecule has 230 valence electrons. The van der Waals surface area contributed by atoms with Crippen LogP contribution in [0.25, 0.3) is 10.9 Å². The van der Waals surface area contributed by atoms with E-state index in [-0.39, 0.29) is 22.8 Å². The molecule has 1 amide bonds. The monoisotopic (exact) mass is 622 g/mol. The number of carbonyl (C=O) groups excluding carboxylic acids is 1. The van der Waals surface area contributed by atoms with Crippen LogP contribution >= 0.6 is 12.2 Å². The minimum Gasteiger partial charge on any atom is -0.493 e. The molecule has 1 saturated heterocycles. The first-order valence-corrected chi connectivity index (χ1v) is 14.5. The maximum Gasteiger partial charge on any atom is 0.230 e. The minimum absolute atomic E-state index is 0.0278. The first kappa shape index (κ1) is 31.0. The summed E-state index contributed by atoms with van der Waals surface area (Å²) in [4.78, 5) is 19.0. The number of halogens is 2. The van der Waals surface area contributed by atoms with Gasteiger partial charge in [0.1, 0.15) is 11.6 Å². The van der Waals surface area contributed by atoms with Gasteiger partial charge in [0.2, 0.25) is 5.91 Å². The summed E-state index contributed by atoms with van der Waals surface area (Å²) in [6.07, 6.45) is 2.23. The number of anilines is 1. The molecule has 2 N–H and O–H groups in total. The van der Waals surface area contributed by atoms with Crippen molar-refractivity contribution in [1.82, 2.24) is 15.2 Å². The summed E-state index contributed by atoms with van der Waals surface area (Å²) in [6.45, 7) is 4.80. The highest BCUT2D eigenvalue weighted by molar-refractivity contribution is 7.80. The molecular formula is C32H32F2N4O5S. The van der Waals surface area contributed by atoms with Crippen LogP contribution in [0.4, 0.5) is 14.5 Å². The number of carbonyl (C=O) groups is 1. The fraction of sp³-hybridized carbons (Fsp3) is 0.281. The Balaban J connectivity index is 1.20. The lowest BCUT2D eigenvalue weighted by Crippen LogP contribution is -2.37. The van der Waals surface area contributed by atoms with E-state index < -0.39 is 17.5 Å². The second-order valence-electron chi connectivity index (χ2n) is 10.0. The first-order valence-electron chi connectivity index (χ1n) is 14.1. The van der Waals surface area contributed by atoms with Gasteiger partial charge in [0.15, 0.2) is 28.2 Å². The van der Waals surface area contributed by atoms with Gasteiger partial charge in [-0.05, 0) is 54.5 Å². The van der Waals surface area contributed by atoms with Gasteiger partial charge in [-0.25, -0.2) is 8.78 Å². The van der Waals surface area contributed by atoms with Crippen molar-refractivity contribution in [2.24, 2.45) is 0 Å². The smallest absolute Gasteiger partial charge is 0.230 e. The van der Waals surface area contributed by atoms with Crippen LogP contribution in [-0.2, 0) is 16.0 Å². The Labute approximate surface area is 259 Å². The third-order valence-corrected chi connectivity index (χ3v) is 7.14. The highest BCUT2D eigenvalue weighted by Gasteiger charge is 2.16.